The van der Waals surface area contributed by atoms with Crippen LogP contribution in [0.5, 0.6) is 0 Å². The SMILES string of the molecule is Cc1c(/C=N/O)[nH]c2ccccc12. The standard InChI is InChI=1S/C10H10N2O/c1-7-8-4-2-3-5-9(8)12-10(7)6-11-13/h2-6,12-13H,1H3/b11-6+. The molecule has 0 amide bonds. The van der Waals surface area contributed by atoms with Gasteiger partial charge in [-0.2, -0.15) is 0 Å². The number of rotatable bonds is 1. The van der Waals surface area contributed by atoms with Crippen molar-refractivity contribution in [1.82, 2.24) is 4.98 Å². The quantitative estimate of drug-likeness (QED) is 0.389. The van der Waals surface area contributed by atoms with Gasteiger partial charge in [-0.3, -0.25) is 0 Å². The van der Waals surface area contributed by atoms with Crippen molar-refractivity contribution in [3.63, 3.8) is 0 Å². The summed E-state index contributed by atoms with van der Waals surface area (Å²) in [4.78, 5) is 3.16. The number of fused-ring (bicyclic) bond motifs is 1. The summed E-state index contributed by atoms with van der Waals surface area (Å²) in [5.74, 6) is 0. The number of hydrogen-bond donors (Lipinski definition) is 2. The van der Waals surface area contributed by atoms with Crippen molar-refractivity contribution in [2.24, 2.45) is 5.16 Å². The summed E-state index contributed by atoms with van der Waals surface area (Å²) in [5, 5.41) is 12.6. The summed E-state index contributed by atoms with van der Waals surface area (Å²) in [6.07, 6.45) is 1.41. The van der Waals surface area contributed by atoms with Crippen LogP contribution in [0.1, 0.15) is 11.3 Å². The smallest absolute Gasteiger partial charge is 0.0899 e. The van der Waals surface area contributed by atoms with Crippen molar-refractivity contribution in [3.8, 4) is 0 Å². The van der Waals surface area contributed by atoms with E-state index in [0.29, 0.717) is 0 Å². The molecule has 0 unspecified atom stereocenters. The Morgan fingerprint density at radius 2 is 2.15 bits per heavy atom. The first-order valence-corrected chi connectivity index (χ1v) is 4.07. The van der Waals surface area contributed by atoms with E-state index in [1.165, 1.54) is 6.21 Å². The lowest BCUT2D eigenvalue weighted by molar-refractivity contribution is 0.321. The Hall–Kier alpha value is -1.77. The van der Waals surface area contributed by atoms with Crippen LogP contribution in [-0.2, 0) is 0 Å². The lowest BCUT2D eigenvalue weighted by Gasteiger charge is -1.88. The van der Waals surface area contributed by atoms with Gasteiger partial charge >= 0.3 is 0 Å². The summed E-state index contributed by atoms with van der Waals surface area (Å²) >= 11 is 0. The van der Waals surface area contributed by atoms with Crippen LogP contribution in [0.15, 0.2) is 29.4 Å². The molecule has 3 heteroatoms. The molecule has 0 fully saturated rings. The predicted molar refractivity (Wildman–Crippen MR) is 52.4 cm³/mol. The zero-order valence-electron chi connectivity index (χ0n) is 7.28. The third-order valence-electron chi connectivity index (χ3n) is 2.19. The molecule has 66 valence electrons. The third-order valence-corrected chi connectivity index (χ3v) is 2.19. The number of oxime groups is 1. The van der Waals surface area contributed by atoms with E-state index >= 15 is 0 Å². The molecule has 13 heavy (non-hydrogen) atoms. The third kappa shape index (κ3) is 1.18. The van der Waals surface area contributed by atoms with E-state index < -0.39 is 0 Å². The van der Waals surface area contributed by atoms with Gasteiger partial charge in [0.05, 0.1) is 11.9 Å². The van der Waals surface area contributed by atoms with E-state index in [4.69, 9.17) is 5.21 Å². The van der Waals surface area contributed by atoms with Crippen LogP contribution in [0.3, 0.4) is 0 Å². The van der Waals surface area contributed by atoms with Gasteiger partial charge in [-0.05, 0) is 18.6 Å². The number of hydrogen-bond acceptors (Lipinski definition) is 2. The molecule has 0 aliphatic heterocycles. The molecule has 0 radical (unpaired) electrons. The number of benzene rings is 1. The highest BCUT2D eigenvalue weighted by atomic mass is 16.4. The minimum absolute atomic E-state index is 0.851. The monoisotopic (exact) mass is 174 g/mol. The lowest BCUT2D eigenvalue weighted by atomic mass is 10.1. The first-order chi connectivity index (χ1) is 6.33. The summed E-state index contributed by atoms with van der Waals surface area (Å²) in [6.45, 7) is 2.00. The molecular formula is C10H10N2O. The summed E-state index contributed by atoms with van der Waals surface area (Å²) in [6, 6.07) is 7.99. The summed E-state index contributed by atoms with van der Waals surface area (Å²) in [7, 11) is 0. The Morgan fingerprint density at radius 1 is 1.38 bits per heavy atom. The van der Waals surface area contributed by atoms with Crippen LogP contribution < -0.4 is 0 Å². The molecule has 0 atom stereocenters. The lowest BCUT2D eigenvalue weighted by Crippen LogP contribution is -1.82. The second-order valence-electron chi connectivity index (χ2n) is 2.95. The first kappa shape index (κ1) is 7.86. The molecular weight excluding hydrogens is 164 g/mol. The minimum Gasteiger partial charge on any atom is -0.411 e. The first-order valence-electron chi connectivity index (χ1n) is 4.07. The van der Waals surface area contributed by atoms with E-state index in [2.05, 4.69) is 10.1 Å². The van der Waals surface area contributed by atoms with E-state index in [-0.39, 0.29) is 0 Å². The largest absolute Gasteiger partial charge is 0.411 e. The van der Waals surface area contributed by atoms with Crippen LogP contribution in [0.2, 0.25) is 0 Å². The van der Waals surface area contributed by atoms with Crippen molar-refractivity contribution in [2.75, 3.05) is 0 Å². The Balaban J connectivity index is 2.73. The molecule has 2 aromatic rings. The van der Waals surface area contributed by atoms with Gasteiger partial charge in [0, 0.05) is 10.9 Å². The molecule has 2 N–H and O–H groups in total. The highest BCUT2D eigenvalue weighted by Crippen LogP contribution is 2.19. The Bertz CT molecular complexity index is 457. The van der Waals surface area contributed by atoms with E-state index in [1.807, 2.05) is 31.2 Å². The zero-order chi connectivity index (χ0) is 9.26. The zero-order valence-corrected chi connectivity index (χ0v) is 7.28. The van der Waals surface area contributed by atoms with Crippen LogP contribution in [0.25, 0.3) is 10.9 Å². The molecule has 0 aliphatic rings. The number of aryl methyl sites for hydroxylation is 1. The summed E-state index contributed by atoms with van der Waals surface area (Å²) < 4.78 is 0. The molecule has 0 bridgehead atoms. The predicted octanol–water partition coefficient (Wildman–Crippen LogP) is 2.28. The second kappa shape index (κ2) is 2.94. The van der Waals surface area contributed by atoms with Gasteiger partial charge in [0.2, 0.25) is 0 Å². The fourth-order valence-electron chi connectivity index (χ4n) is 1.49. The van der Waals surface area contributed by atoms with E-state index in [0.717, 1.165) is 22.2 Å². The molecule has 2 rings (SSSR count). The summed E-state index contributed by atoms with van der Waals surface area (Å²) in [5.41, 5.74) is 3.02. The van der Waals surface area contributed by atoms with E-state index in [1.54, 1.807) is 0 Å². The minimum atomic E-state index is 0.851. The fraction of sp³-hybridized carbons (Fsp3) is 0.100. The van der Waals surface area contributed by atoms with Crippen LogP contribution in [0.4, 0.5) is 0 Å². The number of nitrogens with one attached hydrogen (secondary N) is 1. The Kier molecular flexibility index (Phi) is 1.77. The highest BCUT2D eigenvalue weighted by molar-refractivity contribution is 5.93. The van der Waals surface area contributed by atoms with Crippen molar-refractivity contribution in [2.45, 2.75) is 6.92 Å². The molecule has 3 nitrogen and oxygen atoms in total. The average Bonchev–Trinajstić information content (AvgIpc) is 2.46. The molecule has 1 aromatic heterocycles. The fourth-order valence-corrected chi connectivity index (χ4v) is 1.49. The Morgan fingerprint density at radius 3 is 2.85 bits per heavy atom. The van der Waals surface area contributed by atoms with Gasteiger partial charge in [-0.1, -0.05) is 23.4 Å². The molecule has 0 saturated heterocycles. The van der Waals surface area contributed by atoms with Gasteiger partial charge in [-0.15, -0.1) is 0 Å². The van der Waals surface area contributed by atoms with Crippen molar-refractivity contribution < 1.29 is 5.21 Å². The normalized spacial score (nSPS) is 11.5. The van der Waals surface area contributed by atoms with Gasteiger partial charge in [0.1, 0.15) is 0 Å². The maximum atomic E-state index is 8.42. The number of aromatic amines is 1. The van der Waals surface area contributed by atoms with Crippen molar-refractivity contribution in [3.05, 3.63) is 35.5 Å². The molecule has 1 heterocycles. The molecule has 1 aromatic carbocycles. The topological polar surface area (TPSA) is 48.4 Å². The highest BCUT2D eigenvalue weighted by Gasteiger charge is 2.03. The number of aromatic nitrogens is 1. The Labute approximate surface area is 75.7 Å². The molecule has 0 spiro atoms. The maximum absolute atomic E-state index is 8.42. The average molecular weight is 174 g/mol. The maximum Gasteiger partial charge on any atom is 0.0899 e. The van der Waals surface area contributed by atoms with Crippen LogP contribution in [0, 0.1) is 6.92 Å². The molecule has 0 saturated carbocycles. The van der Waals surface area contributed by atoms with Gasteiger partial charge in [-0.25, -0.2) is 0 Å². The van der Waals surface area contributed by atoms with Gasteiger partial charge in [0.15, 0.2) is 0 Å². The van der Waals surface area contributed by atoms with Crippen molar-refractivity contribution in [1.29, 1.82) is 0 Å². The van der Waals surface area contributed by atoms with Crippen LogP contribution in [-0.4, -0.2) is 16.4 Å². The van der Waals surface area contributed by atoms with Gasteiger partial charge in [0.25, 0.3) is 0 Å². The second-order valence-corrected chi connectivity index (χ2v) is 2.95. The number of nitrogens with zero attached hydrogens (tertiary/aromatic N) is 1. The van der Waals surface area contributed by atoms with Crippen molar-refractivity contribution >= 4 is 17.1 Å². The molecule has 0 aliphatic carbocycles. The number of para-hydroxylation sites is 1. The van der Waals surface area contributed by atoms with E-state index in [9.17, 15) is 0 Å². The van der Waals surface area contributed by atoms with Gasteiger partial charge < -0.3 is 10.2 Å². The van der Waals surface area contributed by atoms with Crippen LogP contribution >= 0.6 is 0 Å². The number of H-pyrrole nitrogens is 1.